The fourth-order valence-electron chi connectivity index (χ4n) is 2.11. The van der Waals surface area contributed by atoms with Crippen LogP contribution in [-0.4, -0.2) is 0 Å². The number of rotatable bonds is 1. The van der Waals surface area contributed by atoms with Crippen molar-refractivity contribution in [3.05, 3.63) is 29.3 Å². The van der Waals surface area contributed by atoms with Gasteiger partial charge in [0, 0.05) is 0 Å². The Bertz CT molecular complexity index is 398. The highest BCUT2D eigenvalue weighted by Gasteiger charge is 2.26. The summed E-state index contributed by atoms with van der Waals surface area (Å²) >= 11 is 0. The molecule has 1 rings (SSSR count). The van der Waals surface area contributed by atoms with Crippen LogP contribution < -0.4 is 15.1 Å². The van der Waals surface area contributed by atoms with Crippen molar-refractivity contribution < 1.29 is 9.79 Å². The SMILES string of the molecule is CC(C)(C)c1cccc(P([O-])[O-])c1C(C)(C)C. The van der Waals surface area contributed by atoms with E-state index in [4.69, 9.17) is 0 Å². The Labute approximate surface area is 106 Å². The summed E-state index contributed by atoms with van der Waals surface area (Å²) in [6, 6.07) is 5.56. The van der Waals surface area contributed by atoms with Crippen LogP contribution in [0.25, 0.3) is 0 Å². The van der Waals surface area contributed by atoms with E-state index in [9.17, 15) is 9.79 Å². The number of hydrogen-bond acceptors (Lipinski definition) is 2. The van der Waals surface area contributed by atoms with Crippen molar-refractivity contribution in [1.29, 1.82) is 0 Å². The van der Waals surface area contributed by atoms with E-state index in [1.165, 1.54) is 0 Å². The molecule has 0 amide bonds. The minimum atomic E-state index is -2.54. The molecular formula is C14H21O2P-2. The monoisotopic (exact) mass is 252 g/mol. The third-order valence-electron chi connectivity index (χ3n) is 2.80. The van der Waals surface area contributed by atoms with Crippen molar-refractivity contribution in [2.75, 3.05) is 0 Å². The fraction of sp³-hybridized carbons (Fsp3) is 0.571. The zero-order valence-corrected chi connectivity index (χ0v) is 12.4. The van der Waals surface area contributed by atoms with Gasteiger partial charge in [-0.15, -0.1) is 0 Å². The van der Waals surface area contributed by atoms with Crippen molar-refractivity contribution in [3.63, 3.8) is 0 Å². The molecule has 0 spiro atoms. The average Bonchev–Trinajstić information content (AvgIpc) is 2.13. The molecule has 0 unspecified atom stereocenters. The minimum absolute atomic E-state index is 0.0516. The second-order valence-electron chi connectivity index (χ2n) is 6.46. The Morgan fingerprint density at radius 1 is 0.882 bits per heavy atom. The Balaban J connectivity index is 3.58. The smallest absolute Gasteiger partial charge is 0.0123 e. The molecule has 0 fully saturated rings. The molecule has 1 aromatic rings. The summed E-state index contributed by atoms with van der Waals surface area (Å²) in [5.41, 5.74) is 1.84. The summed E-state index contributed by atoms with van der Waals surface area (Å²) in [6.07, 6.45) is 0. The van der Waals surface area contributed by atoms with E-state index >= 15 is 0 Å². The molecule has 3 heteroatoms. The third-order valence-corrected chi connectivity index (χ3v) is 3.56. The second kappa shape index (κ2) is 4.68. The number of hydrogen-bond donors (Lipinski definition) is 0. The zero-order chi connectivity index (χ0) is 13.4. The van der Waals surface area contributed by atoms with Gasteiger partial charge in [0.25, 0.3) is 0 Å². The van der Waals surface area contributed by atoms with E-state index < -0.39 is 8.38 Å². The summed E-state index contributed by atoms with van der Waals surface area (Å²) < 4.78 is 0. The first-order valence-corrected chi connectivity index (χ1v) is 7.01. The van der Waals surface area contributed by atoms with Crippen LogP contribution in [0.3, 0.4) is 0 Å². The maximum Gasteiger partial charge on any atom is -0.0123 e. The number of benzene rings is 1. The third kappa shape index (κ3) is 3.28. The van der Waals surface area contributed by atoms with Gasteiger partial charge in [-0.2, -0.15) is 0 Å². The van der Waals surface area contributed by atoms with E-state index in [0.29, 0.717) is 5.30 Å². The van der Waals surface area contributed by atoms with Crippen LogP contribution in [0.1, 0.15) is 52.7 Å². The van der Waals surface area contributed by atoms with Crippen LogP contribution in [0, 0.1) is 0 Å². The van der Waals surface area contributed by atoms with Crippen LogP contribution in [-0.2, 0) is 10.8 Å². The summed E-state index contributed by atoms with van der Waals surface area (Å²) in [6.45, 7) is 12.5. The minimum Gasteiger partial charge on any atom is -0.838 e. The molecule has 1 aromatic carbocycles. The van der Waals surface area contributed by atoms with E-state index in [0.717, 1.165) is 11.1 Å². The van der Waals surface area contributed by atoms with Gasteiger partial charge in [-0.3, -0.25) is 8.38 Å². The lowest BCUT2D eigenvalue weighted by Crippen LogP contribution is -2.33. The molecule has 0 saturated heterocycles. The standard InChI is InChI=1S/C14H21O2P/c1-13(2,3)10-8-7-9-11(17(15)16)12(10)14(4,5)6/h7-9H,1-6H3/q-2. The quantitative estimate of drug-likeness (QED) is 0.717. The van der Waals surface area contributed by atoms with E-state index in [1.54, 1.807) is 6.07 Å². The van der Waals surface area contributed by atoms with Crippen molar-refractivity contribution in [3.8, 4) is 0 Å². The highest BCUT2D eigenvalue weighted by Crippen LogP contribution is 2.35. The lowest BCUT2D eigenvalue weighted by atomic mass is 9.75. The topological polar surface area (TPSA) is 46.1 Å². The van der Waals surface area contributed by atoms with Gasteiger partial charge in [-0.25, -0.2) is 0 Å². The van der Waals surface area contributed by atoms with E-state index in [-0.39, 0.29) is 10.8 Å². The molecule has 0 radical (unpaired) electrons. The highest BCUT2D eigenvalue weighted by molar-refractivity contribution is 7.51. The molecule has 0 saturated carbocycles. The lowest BCUT2D eigenvalue weighted by molar-refractivity contribution is -0.287. The van der Waals surface area contributed by atoms with Gasteiger partial charge in [0.2, 0.25) is 0 Å². The van der Waals surface area contributed by atoms with Gasteiger partial charge in [-0.1, -0.05) is 65.0 Å². The zero-order valence-electron chi connectivity index (χ0n) is 11.5. The van der Waals surface area contributed by atoms with E-state index in [1.807, 2.05) is 12.1 Å². The molecular weight excluding hydrogens is 231 g/mol. The van der Waals surface area contributed by atoms with Gasteiger partial charge >= 0.3 is 0 Å². The molecule has 0 aliphatic heterocycles. The first-order valence-electron chi connectivity index (χ1n) is 5.83. The highest BCUT2D eigenvalue weighted by atomic mass is 31.2. The van der Waals surface area contributed by atoms with Crippen LogP contribution in [0.4, 0.5) is 0 Å². The Morgan fingerprint density at radius 2 is 1.41 bits per heavy atom. The summed E-state index contributed by atoms with van der Waals surface area (Å²) in [7, 11) is -2.54. The Morgan fingerprint density at radius 3 is 1.76 bits per heavy atom. The van der Waals surface area contributed by atoms with Gasteiger partial charge in [0.05, 0.1) is 0 Å². The van der Waals surface area contributed by atoms with Gasteiger partial charge in [0.15, 0.2) is 0 Å². The second-order valence-corrected chi connectivity index (χ2v) is 7.45. The summed E-state index contributed by atoms with van der Waals surface area (Å²) in [4.78, 5) is 22.8. The van der Waals surface area contributed by atoms with Crippen LogP contribution in [0.15, 0.2) is 18.2 Å². The van der Waals surface area contributed by atoms with Crippen LogP contribution >= 0.6 is 8.38 Å². The first kappa shape index (κ1) is 14.6. The van der Waals surface area contributed by atoms with Crippen molar-refractivity contribution in [2.24, 2.45) is 0 Å². The molecule has 96 valence electrons. The molecule has 0 bridgehead atoms. The predicted octanol–water partition coefficient (Wildman–Crippen LogP) is 1.94. The van der Waals surface area contributed by atoms with Crippen LogP contribution in [0.2, 0.25) is 0 Å². The maximum atomic E-state index is 11.4. The first-order chi connectivity index (χ1) is 7.55. The maximum absolute atomic E-state index is 11.4. The van der Waals surface area contributed by atoms with Gasteiger partial charge < -0.3 is 9.79 Å². The van der Waals surface area contributed by atoms with Gasteiger partial charge in [0.1, 0.15) is 0 Å². The Kier molecular flexibility index (Phi) is 4.03. The molecule has 0 heterocycles. The average molecular weight is 252 g/mol. The molecule has 17 heavy (non-hydrogen) atoms. The van der Waals surface area contributed by atoms with E-state index in [2.05, 4.69) is 41.5 Å². The van der Waals surface area contributed by atoms with Crippen molar-refractivity contribution in [1.82, 2.24) is 0 Å². The largest absolute Gasteiger partial charge is 0.838 e. The fourth-order valence-corrected chi connectivity index (χ4v) is 2.95. The molecule has 0 aliphatic rings. The van der Waals surface area contributed by atoms with Crippen LogP contribution in [0.5, 0.6) is 0 Å². The van der Waals surface area contributed by atoms with Gasteiger partial charge in [-0.05, 0) is 22.0 Å². The molecule has 0 aromatic heterocycles. The predicted molar refractivity (Wildman–Crippen MR) is 70.4 cm³/mol. The lowest BCUT2D eigenvalue weighted by Gasteiger charge is -2.40. The molecule has 2 nitrogen and oxygen atoms in total. The van der Waals surface area contributed by atoms with Crippen molar-refractivity contribution >= 4 is 13.7 Å². The molecule has 0 atom stereocenters. The summed E-state index contributed by atoms with van der Waals surface area (Å²) in [5.74, 6) is 0. The Hall–Kier alpha value is -0.430. The summed E-state index contributed by atoms with van der Waals surface area (Å²) in [5, 5.41) is 0.458. The van der Waals surface area contributed by atoms with Crippen molar-refractivity contribution in [2.45, 2.75) is 52.4 Å². The molecule has 0 N–H and O–H groups in total. The normalized spacial score (nSPS) is 13.2. The molecule has 0 aliphatic carbocycles.